The number of benzene rings is 2. The van der Waals surface area contributed by atoms with Gasteiger partial charge in [-0.05, 0) is 43.2 Å². The summed E-state index contributed by atoms with van der Waals surface area (Å²) < 4.78 is 40.7. The molecule has 2 aromatic carbocycles. The molecule has 3 aromatic rings. The molecule has 1 heterocycles. The van der Waals surface area contributed by atoms with E-state index in [4.69, 9.17) is 4.98 Å². The summed E-state index contributed by atoms with van der Waals surface area (Å²) in [5, 5.41) is 2.60. The Morgan fingerprint density at radius 3 is 2.59 bits per heavy atom. The van der Waals surface area contributed by atoms with Crippen LogP contribution >= 0.6 is 0 Å². The van der Waals surface area contributed by atoms with Crippen molar-refractivity contribution in [1.29, 1.82) is 0 Å². The number of aromatic nitrogens is 2. The normalized spacial score (nSPS) is 15.6. The summed E-state index contributed by atoms with van der Waals surface area (Å²) in [4.78, 5) is 17.5. The lowest BCUT2D eigenvalue weighted by Crippen LogP contribution is -2.22. The second-order valence-corrected chi connectivity index (χ2v) is 7.51. The van der Waals surface area contributed by atoms with Gasteiger partial charge in [-0.2, -0.15) is 13.2 Å². The Balaban J connectivity index is 1.59. The average Bonchev–Trinajstić information content (AvgIpc) is 3.07. The smallest absolute Gasteiger partial charge is 0.325 e. The fraction of sp³-hybridized carbons (Fsp3) is 0.364. The topological polar surface area (TPSA) is 46.9 Å². The molecule has 29 heavy (non-hydrogen) atoms. The Morgan fingerprint density at radius 2 is 1.83 bits per heavy atom. The highest BCUT2D eigenvalue weighted by atomic mass is 19.4. The molecular weight excluding hydrogens is 379 g/mol. The van der Waals surface area contributed by atoms with Crippen molar-refractivity contribution in [3.8, 4) is 0 Å². The van der Waals surface area contributed by atoms with Gasteiger partial charge in [0.05, 0.1) is 16.6 Å². The fourth-order valence-electron chi connectivity index (χ4n) is 4.05. The van der Waals surface area contributed by atoms with E-state index < -0.39 is 11.7 Å². The summed E-state index contributed by atoms with van der Waals surface area (Å²) >= 11 is 0. The SMILES string of the molecule is O=C(Cn1c(C2CCCCC2)nc2ccccc21)Nc1cccc(C(F)(F)F)c1. The zero-order chi connectivity index (χ0) is 20.4. The first-order valence-corrected chi connectivity index (χ1v) is 9.84. The van der Waals surface area contributed by atoms with Crippen LogP contribution in [0.3, 0.4) is 0 Å². The first kappa shape index (κ1) is 19.5. The Bertz CT molecular complexity index is 1020. The minimum absolute atomic E-state index is 0.0165. The van der Waals surface area contributed by atoms with E-state index >= 15 is 0 Å². The Labute approximate surface area is 166 Å². The number of alkyl halides is 3. The predicted octanol–water partition coefficient (Wildman–Crippen LogP) is 5.74. The van der Waals surface area contributed by atoms with Gasteiger partial charge in [-0.25, -0.2) is 4.98 Å². The van der Waals surface area contributed by atoms with E-state index in [9.17, 15) is 18.0 Å². The second-order valence-electron chi connectivity index (χ2n) is 7.51. The molecule has 0 unspecified atom stereocenters. The molecule has 4 rings (SSSR count). The van der Waals surface area contributed by atoms with Gasteiger partial charge in [0.25, 0.3) is 0 Å². The number of hydrogen-bond donors (Lipinski definition) is 1. The summed E-state index contributed by atoms with van der Waals surface area (Å²) in [5.74, 6) is 0.826. The number of amides is 1. The monoisotopic (exact) mass is 401 g/mol. The van der Waals surface area contributed by atoms with Crippen LogP contribution in [-0.4, -0.2) is 15.5 Å². The number of hydrogen-bond acceptors (Lipinski definition) is 2. The van der Waals surface area contributed by atoms with Crippen molar-refractivity contribution in [1.82, 2.24) is 9.55 Å². The number of anilines is 1. The van der Waals surface area contributed by atoms with Crippen molar-refractivity contribution in [3.05, 3.63) is 59.9 Å². The highest BCUT2D eigenvalue weighted by Gasteiger charge is 2.30. The summed E-state index contributed by atoms with van der Waals surface area (Å²) in [7, 11) is 0. The Morgan fingerprint density at radius 1 is 1.07 bits per heavy atom. The van der Waals surface area contributed by atoms with Crippen LogP contribution in [0.2, 0.25) is 0 Å². The lowest BCUT2D eigenvalue weighted by atomic mass is 9.88. The van der Waals surface area contributed by atoms with Crippen LogP contribution in [0.4, 0.5) is 18.9 Å². The van der Waals surface area contributed by atoms with Crippen molar-refractivity contribution in [2.24, 2.45) is 0 Å². The fourth-order valence-corrected chi connectivity index (χ4v) is 4.05. The number of carbonyl (C=O) groups excluding carboxylic acids is 1. The molecule has 0 spiro atoms. The third-order valence-electron chi connectivity index (χ3n) is 5.43. The lowest BCUT2D eigenvalue weighted by Gasteiger charge is -2.22. The van der Waals surface area contributed by atoms with E-state index in [1.54, 1.807) is 0 Å². The molecule has 7 heteroatoms. The van der Waals surface area contributed by atoms with E-state index in [2.05, 4.69) is 5.32 Å². The molecule has 1 aromatic heterocycles. The highest BCUT2D eigenvalue weighted by molar-refractivity contribution is 5.91. The molecule has 1 N–H and O–H groups in total. The molecule has 152 valence electrons. The number of nitrogens with zero attached hydrogens (tertiary/aromatic N) is 2. The standard InChI is InChI=1S/C22H22F3N3O/c23-22(24,25)16-9-6-10-17(13-16)26-20(29)14-28-19-12-5-4-11-18(19)27-21(28)15-7-2-1-3-8-15/h4-6,9-13,15H,1-3,7-8,14H2,(H,26,29). The van der Waals surface area contributed by atoms with Crippen LogP contribution in [0.1, 0.15) is 49.4 Å². The maximum atomic E-state index is 12.9. The van der Waals surface area contributed by atoms with Crippen LogP contribution in [0.15, 0.2) is 48.5 Å². The molecule has 0 aliphatic heterocycles. The largest absolute Gasteiger partial charge is 0.416 e. The maximum absolute atomic E-state index is 12.9. The van der Waals surface area contributed by atoms with Crippen molar-refractivity contribution in [2.45, 2.75) is 50.7 Å². The van der Waals surface area contributed by atoms with Gasteiger partial charge in [-0.3, -0.25) is 4.79 Å². The van der Waals surface area contributed by atoms with Crippen molar-refractivity contribution >= 4 is 22.6 Å². The van der Waals surface area contributed by atoms with Gasteiger partial charge < -0.3 is 9.88 Å². The first-order chi connectivity index (χ1) is 13.9. The first-order valence-electron chi connectivity index (χ1n) is 9.84. The number of fused-ring (bicyclic) bond motifs is 1. The Kier molecular flexibility index (Phi) is 5.30. The van der Waals surface area contributed by atoms with E-state index in [1.807, 2.05) is 28.8 Å². The van der Waals surface area contributed by atoms with Crippen LogP contribution < -0.4 is 5.32 Å². The minimum atomic E-state index is -4.45. The van der Waals surface area contributed by atoms with E-state index in [0.29, 0.717) is 5.92 Å². The van der Waals surface area contributed by atoms with Gasteiger partial charge in [0.15, 0.2) is 0 Å². The van der Waals surface area contributed by atoms with E-state index in [0.717, 1.165) is 54.7 Å². The van der Waals surface area contributed by atoms with Crippen LogP contribution in [0.25, 0.3) is 11.0 Å². The van der Waals surface area contributed by atoms with Crippen LogP contribution in [0, 0.1) is 0 Å². The molecule has 0 saturated heterocycles. The van der Waals surface area contributed by atoms with Gasteiger partial charge in [-0.1, -0.05) is 37.5 Å². The molecule has 4 nitrogen and oxygen atoms in total. The molecule has 1 amide bonds. The van der Waals surface area contributed by atoms with Crippen molar-refractivity contribution < 1.29 is 18.0 Å². The second kappa shape index (κ2) is 7.89. The van der Waals surface area contributed by atoms with Gasteiger partial charge in [0, 0.05) is 11.6 Å². The highest BCUT2D eigenvalue weighted by Crippen LogP contribution is 2.34. The minimum Gasteiger partial charge on any atom is -0.325 e. The van der Waals surface area contributed by atoms with Gasteiger partial charge >= 0.3 is 6.18 Å². The van der Waals surface area contributed by atoms with Gasteiger partial charge in [-0.15, -0.1) is 0 Å². The molecule has 1 fully saturated rings. The van der Waals surface area contributed by atoms with Gasteiger partial charge in [0.1, 0.15) is 12.4 Å². The number of nitrogens with one attached hydrogen (secondary N) is 1. The van der Waals surface area contributed by atoms with Crippen molar-refractivity contribution in [3.63, 3.8) is 0 Å². The third-order valence-corrected chi connectivity index (χ3v) is 5.43. The zero-order valence-electron chi connectivity index (χ0n) is 15.9. The molecule has 1 aliphatic carbocycles. The number of imidazole rings is 1. The molecule has 0 atom stereocenters. The summed E-state index contributed by atoms with van der Waals surface area (Å²) in [6.45, 7) is 0.0165. The van der Waals surface area contributed by atoms with E-state index in [-0.39, 0.29) is 18.1 Å². The quantitative estimate of drug-likeness (QED) is 0.606. The van der Waals surface area contributed by atoms with Crippen LogP contribution in [-0.2, 0) is 17.5 Å². The van der Waals surface area contributed by atoms with Crippen LogP contribution in [0.5, 0.6) is 0 Å². The molecule has 0 bridgehead atoms. The lowest BCUT2D eigenvalue weighted by molar-refractivity contribution is -0.137. The molecular formula is C22H22F3N3O. The third kappa shape index (κ3) is 4.28. The zero-order valence-corrected chi connectivity index (χ0v) is 15.9. The maximum Gasteiger partial charge on any atom is 0.416 e. The Hall–Kier alpha value is -2.83. The molecule has 1 saturated carbocycles. The number of halogens is 3. The number of rotatable bonds is 4. The van der Waals surface area contributed by atoms with Gasteiger partial charge in [0.2, 0.25) is 5.91 Å². The summed E-state index contributed by atoms with van der Waals surface area (Å²) in [6, 6.07) is 12.3. The average molecular weight is 401 g/mol. The van der Waals surface area contributed by atoms with E-state index in [1.165, 1.54) is 18.6 Å². The van der Waals surface area contributed by atoms with Crippen molar-refractivity contribution in [2.75, 3.05) is 5.32 Å². The molecule has 0 radical (unpaired) electrons. The number of carbonyl (C=O) groups is 1. The summed E-state index contributed by atoms with van der Waals surface area (Å²) in [6.07, 6.45) is 1.13. The number of para-hydroxylation sites is 2. The molecule has 1 aliphatic rings. The summed E-state index contributed by atoms with van der Waals surface area (Å²) in [5.41, 5.74) is 1.05. The predicted molar refractivity (Wildman–Crippen MR) is 106 cm³/mol.